The molecule has 0 amide bonds. The fraction of sp³-hybridized carbons (Fsp3) is 0.643. The Kier molecular flexibility index (Phi) is 3.89. The molecule has 1 unspecified atom stereocenters. The first kappa shape index (κ1) is 10.7. The lowest BCUT2D eigenvalue weighted by Gasteiger charge is -2.28. The second kappa shape index (κ2) is 6.91. The lowest BCUT2D eigenvalue weighted by molar-refractivity contribution is 0.270. The van der Waals surface area contributed by atoms with Crippen molar-refractivity contribution < 1.29 is 19.1 Å². The second-order valence-electron chi connectivity index (χ2n) is 4.50. The Hall–Kier alpha value is -1.07. The fourth-order valence-corrected chi connectivity index (χ4v) is 4.34. The molecule has 5 heteroatoms. The van der Waals surface area contributed by atoms with Crippen LogP contribution in [0.1, 0.15) is 37.6 Å². The van der Waals surface area contributed by atoms with E-state index in [1.165, 1.54) is 13.0 Å². The summed E-state index contributed by atoms with van der Waals surface area (Å²) in [7, 11) is -4.86. The van der Waals surface area contributed by atoms with Gasteiger partial charge in [0.25, 0.3) is 0 Å². The molecule has 0 aromatic carbocycles. The molecule has 1 atom stereocenters. The highest BCUT2D eigenvalue weighted by atomic mass is 28.4. The normalized spacial score (nSPS) is 17.1. The van der Waals surface area contributed by atoms with E-state index < -0.39 is 27.6 Å². The summed E-state index contributed by atoms with van der Waals surface area (Å²) in [5.41, 5.74) is -0.991. The molecule has 1 aromatic rings. The van der Waals surface area contributed by atoms with Crippen LogP contribution in [0.5, 0.6) is 5.75 Å². The molecule has 0 fully saturated rings. The number of aryl methyl sites for hydroxylation is 1. The minimum Gasteiger partial charge on any atom is -0.496 e. The van der Waals surface area contributed by atoms with E-state index in [4.69, 9.17) is 19.1 Å². The molecule has 0 aliphatic carbocycles. The van der Waals surface area contributed by atoms with E-state index in [0.717, 1.165) is 18.1 Å². The van der Waals surface area contributed by atoms with Crippen molar-refractivity contribution in [2.75, 3.05) is 7.04 Å². The Bertz CT molecular complexity index is 573. The third-order valence-corrected chi connectivity index (χ3v) is 8.03. The van der Waals surface area contributed by atoms with Gasteiger partial charge in [0.1, 0.15) is 17.1 Å². The lowest BCUT2D eigenvalue weighted by Crippen LogP contribution is -2.36. The zero-order valence-corrected chi connectivity index (χ0v) is 12.9. The summed E-state index contributed by atoms with van der Waals surface area (Å²) in [6, 6.07) is 3.73. The monoisotopic (exact) mass is 288 g/mol. The van der Waals surface area contributed by atoms with Crippen molar-refractivity contribution >= 4 is 8.32 Å². The third kappa shape index (κ3) is 3.70. The van der Waals surface area contributed by atoms with E-state index >= 15 is 0 Å². The van der Waals surface area contributed by atoms with Crippen molar-refractivity contribution in [3.05, 3.63) is 27.8 Å². The Balaban J connectivity index is 3.27. The molecular weight excluding hydrogens is 260 g/mol. The van der Waals surface area contributed by atoms with Crippen LogP contribution in [0.15, 0.2) is 15.3 Å². The van der Waals surface area contributed by atoms with E-state index in [0.29, 0.717) is 0 Å². The summed E-state index contributed by atoms with van der Waals surface area (Å²) in [6.07, 6.45) is 0. The number of ether oxygens (including phenoxy) is 1. The van der Waals surface area contributed by atoms with E-state index in [1.54, 1.807) is 0 Å². The van der Waals surface area contributed by atoms with Crippen LogP contribution in [-0.4, -0.2) is 15.4 Å². The van der Waals surface area contributed by atoms with Gasteiger partial charge in [-0.1, -0.05) is 20.8 Å². The zero-order chi connectivity index (χ0) is 17.8. The first-order valence-electron chi connectivity index (χ1n) is 8.59. The van der Waals surface area contributed by atoms with Crippen LogP contribution in [0.2, 0.25) is 18.1 Å². The maximum absolute atomic E-state index is 12.1. The van der Waals surface area contributed by atoms with E-state index in [2.05, 4.69) is 0 Å². The molecule has 0 spiro atoms. The summed E-state index contributed by atoms with van der Waals surface area (Å²) >= 11 is 0. The predicted octanol–water partition coefficient (Wildman–Crippen LogP) is 3.48. The summed E-state index contributed by atoms with van der Waals surface area (Å²) in [5.74, 6) is 0.0418. The zero-order valence-electron chi connectivity index (χ0n) is 15.9. The molecule has 0 bridgehead atoms. The van der Waals surface area contributed by atoms with Gasteiger partial charge in [-0.3, -0.25) is 0 Å². The quantitative estimate of drug-likeness (QED) is 0.721. The first-order chi connectivity index (χ1) is 10.6. The van der Waals surface area contributed by atoms with Crippen LogP contribution < -0.4 is 10.4 Å². The lowest BCUT2D eigenvalue weighted by atomic mass is 10.2. The van der Waals surface area contributed by atoms with Crippen molar-refractivity contribution in [1.29, 1.82) is 0 Å². The van der Waals surface area contributed by atoms with Crippen LogP contribution in [0, 0.1) is 6.92 Å². The standard InChI is InChI=1S/C14H24O4Si/c1-6-19(7-2,8-3)17-10-12-13(16-5)9-11(4)18-14(12)15/h9H,6-8,10H2,1-5H3/i5D3,10D. The number of hydrogen-bond acceptors (Lipinski definition) is 4. The number of rotatable bonds is 7. The number of hydrogen-bond donors (Lipinski definition) is 0. The molecule has 0 saturated heterocycles. The molecule has 0 radical (unpaired) electrons. The van der Waals surface area contributed by atoms with Crippen LogP contribution in [0.3, 0.4) is 0 Å². The number of methoxy groups -OCH3 is 1. The van der Waals surface area contributed by atoms with Crippen LogP contribution in [-0.2, 0) is 11.0 Å². The van der Waals surface area contributed by atoms with E-state index in [-0.39, 0.29) is 17.1 Å². The second-order valence-corrected chi connectivity index (χ2v) is 9.23. The van der Waals surface area contributed by atoms with Gasteiger partial charge < -0.3 is 13.6 Å². The van der Waals surface area contributed by atoms with Gasteiger partial charge in [-0.05, 0) is 25.1 Å². The van der Waals surface area contributed by atoms with Crippen molar-refractivity contribution in [3.8, 4) is 5.75 Å². The molecule has 108 valence electrons. The fourth-order valence-electron chi connectivity index (χ4n) is 1.97. The molecule has 1 aromatic heterocycles. The van der Waals surface area contributed by atoms with Crippen molar-refractivity contribution in [2.45, 2.75) is 52.4 Å². The topological polar surface area (TPSA) is 48.7 Å². The van der Waals surface area contributed by atoms with Gasteiger partial charge in [0.15, 0.2) is 8.32 Å². The van der Waals surface area contributed by atoms with Gasteiger partial charge in [-0.2, -0.15) is 0 Å². The highest BCUT2D eigenvalue weighted by molar-refractivity contribution is 6.73. The van der Waals surface area contributed by atoms with Gasteiger partial charge in [0, 0.05) is 6.07 Å². The molecule has 0 aliphatic heterocycles. The highest BCUT2D eigenvalue weighted by Crippen LogP contribution is 2.25. The highest BCUT2D eigenvalue weighted by Gasteiger charge is 2.29. The third-order valence-electron chi connectivity index (χ3n) is 3.54. The van der Waals surface area contributed by atoms with Crippen molar-refractivity contribution in [1.82, 2.24) is 0 Å². The summed E-state index contributed by atoms with van der Waals surface area (Å²) < 4.78 is 45.7. The summed E-state index contributed by atoms with van der Waals surface area (Å²) in [5, 5.41) is 0. The molecule has 0 N–H and O–H groups in total. The summed E-state index contributed by atoms with van der Waals surface area (Å²) in [6.45, 7) is 6.20. The van der Waals surface area contributed by atoms with Crippen molar-refractivity contribution in [3.63, 3.8) is 0 Å². The maximum atomic E-state index is 12.1. The molecule has 0 saturated carbocycles. The van der Waals surface area contributed by atoms with Crippen molar-refractivity contribution in [2.24, 2.45) is 0 Å². The van der Waals surface area contributed by atoms with Gasteiger partial charge in [0.2, 0.25) is 0 Å². The Morgan fingerprint density at radius 3 is 2.53 bits per heavy atom. The van der Waals surface area contributed by atoms with Crippen LogP contribution in [0.25, 0.3) is 0 Å². The van der Waals surface area contributed by atoms with Gasteiger partial charge in [0.05, 0.1) is 19.1 Å². The largest absolute Gasteiger partial charge is 0.496 e. The van der Waals surface area contributed by atoms with Gasteiger partial charge >= 0.3 is 5.63 Å². The minimum atomic E-state index is -2.72. The molecule has 19 heavy (non-hydrogen) atoms. The Morgan fingerprint density at radius 2 is 2.00 bits per heavy atom. The summed E-state index contributed by atoms with van der Waals surface area (Å²) in [4.78, 5) is 12.1. The molecule has 1 heterocycles. The minimum absolute atomic E-state index is 0.176. The SMILES string of the molecule is [2H]C(O[Si](CC)(CC)CC)c1c(OC([2H])([2H])[2H])cc(C)oc1=O. The first-order valence-corrected chi connectivity index (χ1v) is 9.04. The smallest absolute Gasteiger partial charge is 0.345 e. The predicted molar refractivity (Wildman–Crippen MR) is 78.3 cm³/mol. The van der Waals surface area contributed by atoms with Crippen LogP contribution >= 0.6 is 0 Å². The van der Waals surface area contributed by atoms with Crippen LogP contribution in [0.4, 0.5) is 0 Å². The Morgan fingerprint density at radius 1 is 1.37 bits per heavy atom. The molecule has 0 aliphatic rings. The average molecular weight is 288 g/mol. The van der Waals surface area contributed by atoms with Gasteiger partial charge in [-0.15, -0.1) is 0 Å². The molecular formula is C14H24O4Si. The van der Waals surface area contributed by atoms with E-state index in [9.17, 15) is 4.79 Å². The Labute approximate surface area is 121 Å². The van der Waals surface area contributed by atoms with E-state index in [1.807, 2.05) is 20.8 Å². The molecule has 4 nitrogen and oxygen atoms in total. The molecule has 1 rings (SSSR count). The van der Waals surface area contributed by atoms with Gasteiger partial charge in [-0.25, -0.2) is 4.79 Å². The average Bonchev–Trinajstić information content (AvgIpc) is 2.42. The maximum Gasteiger partial charge on any atom is 0.345 e.